The Hall–Kier alpha value is -1.28. The zero-order valence-corrected chi connectivity index (χ0v) is 18.1. The minimum atomic E-state index is 0. The van der Waals surface area contributed by atoms with Gasteiger partial charge in [0.1, 0.15) is 0 Å². The number of H-pyrrole nitrogens is 1. The second-order valence-corrected chi connectivity index (χ2v) is 6.28. The van der Waals surface area contributed by atoms with Crippen LogP contribution in [0.15, 0.2) is 35.5 Å². The molecule has 7 heteroatoms. The van der Waals surface area contributed by atoms with Gasteiger partial charge in [0.05, 0.1) is 6.20 Å². The van der Waals surface area contributed by atoms with E-state index in [1.807, 2.05) is 30.5 Å². The molecule has 1 aromatic carbocycles. The zero-order chi connectivity index (χ0) is 17.4. The van der Waals surface area contributed by atoms with E-state index in [1.165, 1.54) is 11.1 Å². The number of hydrogen-bond acceptors (Lipinski definition) is 2. The second kappa shape index (κ2) is 11.4. The Kier molecular flexibility index (Phi) is 9.89. The molecule has 0 saturated heterocycles. The van der Waals surface area contributed by atoms with Crippen LogP contribution >= 0.6 is 35.6 Å². The van der Waals surface area contributed by atoms with E-state index < -0.39 is 0 Å². The van der Waals surface area contributed by atoms with Gasteiger partial charge in [-0.2, -0.15) is 5.10 Å². The van der Waals surface area contributed by atoms with Gasteiger partial charge in [0.2, 0.25) is 0 Å². The number of hydrogen-bond donors (Lipinski definition) is 2. The summed E-state index contributed by atoms with van der Waals surface area (Å²) in [5.41, 5.74) is 3.62. The van der Waals surface area contributed by atoms with Crippen molar-refractivity contribution in [1.29, 1.82) is 0 Å². The van der Waals surface area contributed by atoms with Crippen LogP contribution in [0.3, 0.4) is 0 Å². The smallest absolute Gasteiger partial charge is 0.193 e. The van der Waals surface area contributed by atoms with Crippen molar-refractivity contribution < 1.29 is 0 Å². The Labute approximate surface area is 172 Å². The van der Waals surface area contributed by atoms with Gasteiger partial charge in [-0.3, -0.25) is 10.1 Å². The topological polar surface area (TPSA) is 56.3 Å². The fraction of sp³-hybridized carbons (Fsp3) is 0.444. The van der Waals surface area contributed by atoms with E-state index in [9.17, 15) is 0 Å². The maximum Gasteiger partial charge on any atom is 0.193 e. The first-order valence-corrected chi connectivity index (χ1v) is 8.70. The molecule has 2 N–H and O–H groups in total. The van der Waals surface area contributed by atoms with Crippen molar-refractivity contribution in [3.8, 4) is 0 Å². The second-order valence-electron chi connectivity index (χ2n) is 5.84. The number of halogens is 2. The molecule has 5 nitrogen and oxygen atoms in total. The summed E-state index contributed by atoms with van der Waals surface area (Å²) in [6.07, 6.45) is 3.90. The summed E-state index contributed by atoms with van der Waals surface area (Å²) in [6, 6.07) is 7.93. The van der Waals surface area contributed by atoms with Gasteiger partial charge >= 0.3 is 0 Å². The zero-order valence-electron chi connectivity index (χ0n) is 15.1. The normalized spacial score (nSPS) is 11.1. The number of benzene rings is 1. The summed E-state index contributed by atoms with van der Waals surface area (Å²) in [7, 11) is 2.05. The van der Waals surface area contributed by atoms with Gasteiger partial charge in [-0.25, -0.2) is 0 Å². The van der Waals surface area contributed by atoms with Crippen LogP contribution in [0.5, 0.6) is 0 Å². The highest BCUT2D eigenvalue weighted by Crippen LogP contribution is 2.11. The van der Waals surface area contributed by atoms with E-state index in [4.69, 9.17) is 16.6 Å². The number of guanidine groups is 1. The molecule has 0 amide bonds. The van der Waals surface area contributed by atoms with Crippen LogP contribution in [0.4, 0.5) is 0 Å². The van der Waals surface area contributed by atoms with Gasteiger partial charge in [-0.05, 0) is 49.9 Å². The Bertz CT molecular complexity index is 654. The summed E-state index contributed by atoms with van der Waals surface area (Å²) in [5, 5.41) is 11.1. The summed E-state index contributed by atoms with van der Waals surface area (Å²) >= 11 is 5.94. The molecule has 0 fully saturated rings. The van der Waals surface area contributed by atoms with Crippen molar-refractivity contribution in [3.05, 3.63) is 52.3 Å². The molecule has 0 aliphatic heterocycles. The van der Waals surface area contributed by atoms with Crippen LogP contribution < -0.4 is 5.32 Å². The first-order valence-electron chi connectivity index (χ1n) is 8.33. The molecule has 1 aromatic heterocycles. The third-order valence-corrected chi connectivity index (χ3v) is 4.08. The fourth-order valence-corrected chi connectivity index (χ4v) is 2.62. The monoisotopic (exact) mass is 475 g/mol. The maximum absolute atomic E-state index is 5.94. The first kappa shape index (κ1) is 21.8. The molecule has 0 radical (unpaired) electrons. The number of aromatic nitrogens is 2. The lowest BCUT2D eigenvalue weighted by atomic mass is 10.1. The number of aryl methyl sites for hydroxylation is 2. The lowest BCUT2D eigenvalue weighted by Crippen LogP contribution is -2.38. The molecule has 0 aliphatic rings. The minimum absolute atomic E-state index is 0. The van der Waals surface area contributed by atoms with Crippen LogP contribution in [0.25, 0.3) is 0 Å². The Balaban J connectivity index is 0.00000312. The van der Waals surface area contributed by atoms with Gasteiger partial charge < -0.3 is 10.2 Å². The van der Waals surface area contributed by atoms with Crippen molar-refractivity contribution in [2.75, 3.05) is 20.1 Å². The van der Waals surface area contributed by atoms with Crippen molar-refractivity contribution >= 4 is 41.5 Å². The molecule has 0 unspecified atom stereocenters. The van der Waals surface area contributed by atoms with Crippen LogP contribution in [0.2, 0.25) is 5.02 Å². The van der Waals surface area contributed by atoms with Crippen LogP contribution in [0, 0.1) is 6.92 Å². The predicted octanol–water partition coefficient (Wildman–Crippen LogP) is 4.02. The van der Waals surface area contributed by atoms with Crippen molar-refractivity contribution in [2.24, 2.45) is 4.99 Å². The summed E-state index contributed by atoms with van der Waals surface area (Å²) in [6.45, 7) is 6.57. The van der Waals surface area contributed by atoms with E-state index in [-0.39, 0.29) is 24.0 Å². The van der Waals surface area contributed by atoms with Gasteiger partial charge in [0.25, 0.3) is 0 Å². The Morgan fingerprint density at radius 2 is 2.04 bits per heavy atom. The molecule has 1 heterocycles. The van der Waals surface area contributed by atoms with Crippen molar-refractivity contribution in [2.45, 2.75) is 33.2 Å². The molecule has 0 atom stereocenters. The van der Waals surface area contributed by atoms with Crippen LogP contribution in [-0.2, 0) is 13.0 Å². The average molecular weight is 476 g/mol. The van der Waals surface area contributed by atoms with Gasteiger partial charge in [0, 0.05) is 37.4 Å². The molecule has 2 aromatic rings. The molecule has 0 bridgehead atoms. The van der Waals surface area contributed by atoms with Gasteiger partial charge in [0.15, 0.2) is 5.96 Å². The molecular weight excluding hydrogens is 449 g/mol. The third kappa shape index (κ3) is 7.23. The summed E-state index contributed by atoms with van der Waals surface area (Å²) < 4.78 is 0. The van der Waals surface area contributed by atoms with Crippen molar-refractivity contribution in [1.82, 2.24) is 20.4 Å². The highest BCUT2D eigenvalue weighted by Gasteiger charge is 2.06. The largest absolute Gasteiger partial charge is 0.357 e. The molecule has 0 aliphatic carbocycles. The Morgan fingerprint density at radius 3 is 2.64 bits per heavy atom. The van der Waals surface area contributed by atoms with Crippen molar-refractivity contribution in [3.63, 3.8) is 0 Å². The van der Waals surface area contributed by atoms with Gasteiger partial charge in [-0.1, -0.05) is 23.7 Å². The van der Waals surface area contributed by atoms with E-state index in [2.05, 4.69) is 41.3 Å². The van der Waals surface area contributed by atoms with E-state index in [0.717, 1.165) is 49.2 Å². The lowest BCUT2D eigenvalue weighted by Gasteiger charge is -2.22. The highest BCUT2D eigenvalue weighted by atomic mass is 127. The number of nitrogens with zero attached hydrogens (tertiary/aromatic N) is 3. The SMILES string of the molecule is CCNC(=NCCCc1cn[nH]c1C)N(C)Cc1ccc(Cl)cc1.I. The molecule has 0 spiro atoms. The van der Waals surface area contributed by atoms with Crippen LogP contribution in [-0.4, -0.2) is 41.2 Å². The van der Waals surface area contributed by atoms with Crippen LogP contribution in [0.1, 0.15) is 30.2 Å². The molecule has 2 rings (SSSR count). The Morgan fingerprint density at radius 1 is 1.32 bits per heavy atom. The minimum Gasteiger partial charge on any atom is -0.357 e. The molecule has 138 valence electrons. The fourth-order valence-electron chi connectivity index (χ4n) is 2.49. The average Bonchev–Trinajstić information content (AvgIpc) is 2.97. The van der Waals surface area contributed by atoms with Gasteiger partial charge in [-0.15, -0.1) is 24.0 Å². The van der Waals surface area contributed by atoms with E-state index in [1.54, 1.807) is 0 Å². The quantitative estimate of drug-likeness (QED) is 0.275. The highest BCUT2D eigenvalue weighted by molar-refractivity contribution is 14.0. The number of aliphatic imine (C=N–C) groups is 1. The summed E-state index contributed by atoms with van der Waals surface area (Å²) in [5.74, 6) is 0.927. The molecule has 25 heavy (non-hydrogen) atoms. The lowest BCUT2D eigenvalue weighted by molar-refractivity contribution is 0.476. The number of rotatable bonds is 7. The summed E-state index contributed by atoms with van der Waals surface area (Å²) in [4.78, 5) is 6.87. The maximum atomic E-state index is 5.94. The number of nitrogens with one attached hydrogen (secondary N) is 2. The van der Waals surface area contributed by atoms with E-state index in [0.29, 0.717) is 0 Å². The number of aromatic amines is 1. The molecule has 0 saturated carbocycles. The van der Waals surface area contributed by atoms with E-state index >= 15 is 0 Å². The molecular formula is C18H27ClIN5. The third-order valence-electron chi connectivity index (χ3n) is 3.83. The first-order chi connectivity index (χ1) is 11.6. The predicted molar refractivity (Wildman–Crippen MR) is 116 cm³/mol. The standard InChI is InChI=1S/C18H26ClN5.HI/c1-4-20-18(21-11-5-6-16-12-22-23-14(16)2)24(3)13-15-7-9-17(19)10-8-15;/h7-10,12H,4-6,11,13H2,1-3H3,(H,20,21)(H,22,23);1H.